The summed E-state index contributed by atoms with van der Waals surface area (Å²) in [4.78, 5) is 0. The first kappa shape index (κ1) is 20.5. The number of hydrogen-bond donors (Lipinski definition) is 0. The number of hydrogen-bond acceptors (Lipinski definition) is 0. The Morgan fingerprint density at radius 2 is 1.59 bits per heavy atom. The van der Waals surface area contributed by atoms with Gasteiger partial charge in [0.05, 0.1) is 0 Å². The van der Waals surface area contributed by atoms with Gasteiger partial charge in [0.2, 0.25) is 0 Å². The van der Waals surface area contributed by atoms with Crippen molar-refractivity contribution in [2.45, 2.75) is 65.2 Å². The molecule has 0 aliphatic heterocycles. The summed E-state index contributed by atoms with van der Waals surface area (Å²) in [6.07, 6.45) is 8.74. The summed E-state index contributed by atoms with van der Waals surface area (Å²) in [5.74, 6) is 0. The molecular formula is C26H29Zr-. The summed E-state index contributed by atoms with van der Waals surface area (Å²) in [5, 5.41) is 0. The molecule has 0 atom stereocenters. The van der Waals surface area contributed by atoms with Gasteiger partial charge in [-0.25, -0.2) is 0 Å². The Kier molecular flexibility index (Phi) is 5.32. The molecule has 2 aliphatic rings. The summed E-state index contributed by atoms with van der Waals surface area (Å²) in [6.45, 7) is 13.8. The number of fused-ring (bicyclic) bond motifs is 3. The van der Waals surface area contributed by atoms with Crippen molar-refractivity contribution in [1.29, 1.82) is 0 Å². The van der Waals surface area contributed by atoms with Gasteiger partial charge in [0.15, 0.2) is 0 Å². The summed E-state index contributed by atoms with van der Waals surface area (Å²) in [6, 6.07) is 13.3. The molecule has 2 aromatic carbocycles. The van der Waals surface area contributed by atoms with Crippen molar-refractivity contribution in [3.8, 4) is 11.1 Å². The van der Waals surface area contributed by atoms with Crippen LogP contribution in [0.25, 0.3) is 16.7 Å². The van der Waals surface area contributed by atoms with Gasteiger partial charge >= 0.3 is 0 Å². The van der Waals surface area contributed by atoms with Crippen molar-refractivity contribution in [3.05, 3.63) is 76.4 Å². The van der Waals surface area contributed by atoms with E-state index in [4.69, 9.17) is 0 Å². The van der Waals surface area contributed by atoms with E-state index >= 15 is 0 Å². The Hall–Kier alpha value is -1.20. The first-order chi connectivity index (χ1) is 12.1. The number of benzene rings is 2. The van der Waals surface area contributed by atoms with Gasteiger partial charge in [-0.2, -0.15) is 12.1 Å². The SMILES string of the molecule is CC(C)(C)c1ccc2c(c1)Cc1[c-]c(C(C)(C)C)c(C3=CC=CC3)cc1-2.[Zr]. The van der Waals surface area contributed by atoms with Crippen LogP contribution in [0.5, 0.6) is 0 Å². The first-order valence-corrected chi connectivity index (χ1v) is 9.74. The fourth-order valence-corrected chi connectivity index (χ4v) is 4.12. The van der Waals surface area contributed by atoms with Crippen molar-refractivity contribution in [1.82, 2.24) is 0 Å². The van der Waals surface area contributed by atoms with E-state index in [1.54, 1.807) is 0 Å². The maximum absolute atomic E-state index is 3.85. The third kappa shape index (κ3) is 3.73. The molecule has 0 aromatic heterocycles. The molecular weight excluding hydrogens is 404 g/mol. The molecule has 0 saturated carbocycles. The van der Waals surface area contributed by atoms with Crippen LogP contribution in [0.4, 0.5) is 0 Å². The number of allylic oxidation sites excluding steroid dienone is 4. The largest absolute Gasteiger partial charge is 0.175 e. The van der Waals surface area contributed by atoms with Crippen LogP contribution in [0.3, 0.4) is 0 Å². The van der Waals surface area contributed by atoms with Crippen LogP contribution < -0.4 is 0 Å². The summed E-state index contributed by atoms with van der Waals surface area (Å²) in [5.41, 5.74) is 11.5. The Bertz CT molecular complexity index is 943. The maximum Gasteiger partial charge on any atom is 0 e. The van der Waals surface area contributed by atoms with E-state index in [0.29, 0.717) is 0 Å². The normalized spacial score (nSPS) is 15.3. The summed E-state index contributed by atoms with van der Waals surface area (Å²) in [7, 11) is 0. The van der Waals surface area contributed by atoms with Gasteiger partial charge in [0.1, 0.15) is 0 Å². The van der Waals surface area contributed by atoms with Crippen LogP contribution in [0.2, 0.25) is 0 Å². The first-order valence-electron chi connectivity index (χ1n) is 9.74. The van der Waals surface area contributed by atoms with E-state index < -0.39 is 0 Å². The van der Waals surface area contributed by atoms with Crippen molar-refractivity contribution < 1.29 is 26.2 Å². The van der Waals surface area contributed by atoms with E-state index in [9.17, 15) is 0 Å². The predicted molar refractivity (Wildman–Crippen MR) is 113 cm³/mol. The van der Waals surface area contributed by atoms with Crippen LogP contribution in [0.15, 0.2) is 42.5 Å². The molecule has 0 spiro atoms. The molecule has 0 nitrogen and oxygen atoms in total. The summed E-state index contributed by atoms with van der Waals surface area (Å²) >= 11 is 0. The number of rotatable bonds is 1. The molecule has 0 bridgehead atoms. The topological polar surface area (TPSA) is 0 Å². The Balaban J connectivity index is 0.00000210. The molecule has 2 aliphatic carbocycles. The van der Waals surface area contributed by atoms with Gasteiger partial charge in [-0.05, 0) is 34.8 Å². The zero-order chi connectivity index (χ0) is 18.7. The van der Waals surface area contributed by atoms with Crippen LogP contribution >= 0.6 is 0 Å². The minimum atomic E-state index is 0. The van der Waals surface area contributed by atoms with Gasteiger partial charge in [0.25, 0.3) is 0 Å². The van der Waals surface area contributed by atoms with Gasteiger partial charge in [-0.3, -0.25) is 0 Å². The smallest absolute Gasteiger partial charge is 0 e. The van der Waals surface area contributed by atoms with Crippen molar-refractivity contribution >= 4 is 5.57 Å². The second kappa shape index (κ2) is 7.00. The third-order valence-corrected chi connectivity index (χ3v) is 5.65. The molecule has 0 amide bonds. The Morgan fingerprint density at radius 1 is 0.852 bits per heavy atom. The monoisotopic (exact) mass is 431 g/mol. The predicted octanol–water partition coefficient (Wildman–Crippen LogP) is 6.99. The molecule has 0 saturated heterocycles. The van der Waals surface area contributed by atoms with Gasteiger partial charge < -0.3 is 0 Å². The van der Waals surface area contributed by atoms with Crippen molar-refractivity contribution in [3.63, 3.8) is 0 Å². The molecule has 27 heavy (non-hydrogen) atoms. The standard InChI is InChI=1S/C26H29.Zr/c1-25(2,3)20-11-12-21-18(14-20)13-19-15-24(26(4,5)6)23(16-22(19)21)17-9-7-8-10-17;/h7-9,11-12,14,16H,10,13H2,1-6H3;/q-1;. The van der Waals surface area contributed by atoms with Gasteiger partial charge in [-0.1, -0.05) is 89.1 Å². The summed E-state index contributed by atoms with van der Waals surface area (Å²) < 4.78 is 0. The zero-order valence-corrected chi connectivity index (χ0v) is 19.9. The molecule has 2 aromatic rings. The minimum absolute atomic E-state index is 0. The minimum Gasteiger partial charge on any atom is -0.175 e. The van der Waals surface area contributed by atoms with Gasteiger partial charge in [-0.15, -0.1) is 22.3 Å². The molecule has 4 rings (SSSR count). The molecule has 0 unspecified atom stereocenters. The van der Waals surface area contributed by atoms with Crippen molar-refractivity contribution in [2.75, 3.05) is 0 Å². The maximum atomic E-state index is 3.85. The average molecular weight is 433 g/mol. The third-order valence-electron chi connectivity index (χ3n) is 5.65. The molecule has 1 heteroatoms. The van der Waals surface area contributed by atoms with E-state index in [1.165, 1.54) is 44.5 Å². The van der Waals surface area contributed by atoms with Gasteiger partial charge in [0, 0.05) is 26.2 Å². The quantitative estimate of drug-likeness (QED) is 0.363. The van der Waals surface area contributed by atoms with E-state index in [0.717, 1.165) is 12.8 Å². The Morgan fingerprint density at radius 3 is 2.19 bits per heavy atom. The average Bonchev–Trinajstić information content (AvgIpc) is 3.18. The second-order valence-corrected chi connectivity index (χ2v) is 9.82. The van der Waals surface area contributed by atoms with E-state index in [1.807, 2.05) is 0 Å². The van der Waals surface area contributed by atoms with Crippen molar-refractivity contribution in [2.24, 2.45) is 0 Å². The fourth-order valence-electron chi connectivity index (χ4n) is 4.12. The molecule has 0 fully saturated rings. The zero-order valence-electron chi connectivity index (χ0n) is 17.5. The van der Waals surface area contributed by atoms with E-state index in [2.05, 4.69) is 90.1 Å². The Labute approximate surface area is 183 Å². The second-order valence-electron chi connectivity index (χ2n) is 9.82. The van der Waals surface area contributed by atoms with Crippen LogP contribution in [0.1, 0.15) is 75.8 Å². The molecule has 138 valence electrons. The molecule has 0 N–H and O–H groups in total. The van der Waals surface area contributed by atoms with E-state index in [-0.39, 0.29) is 37.0 Å². The van der Waals surface area contributed by atoms with Crippen LogP contribution in [-0.2, 0) is 43.5 Å². The molecule has 0 radical (unpaired) electrons. The fraction of sp³-hybridized carbons (Fsp3) is 0.385. The van der Waals surface area contributed by atoms with Crippen LogP contribution in [-0.4, -0.2) is 0 Å². The van der Waals surface area contributed by atoms with Crippen LogP contribution in [0, 0.1) is 6.07 Å². The molecule has 0 heterocycles.